The number of hydrogen-bond acceptors (Lipinski definition) is 4. The van der Waals surface area contributed by atoms with Gasteiger partial charge in [0.2, 0.25) is 21.8 Å². The van der Waals surface area contributed by atoms with Crippen molar-refractivity contribution in [1.29, 1.82) is 0 Å². The van der Waals surface area contributed by atoms with Crippen LogP contribution in [0.15, 0.2) is 48.5 Å². The van der Waals surface area contributed by atoms with Crippen LogP contribution < -0.4 is 9.62 Å². The van der Waals surface area contributed by atoms with E-state index in [4.69, 9.17) is 0 Å². The zero-order valence-corrected chi connectivity index (χ0v) is 21.4. The fraction of sp³-hybridized carbons (Fsp3) is 0.462. The molecule has 1 fully saturated rings. The number of carbonyl (C=O) groups excluding carboxylic acids is 2. The van der Waals surface area contributed by atoms with Crippen LogP contribution in [0.25, 0.3) is 0 Å². The number of carbonyl (C=O) groups is 2. The second-order valence-electron chi connectivity index (χ2n) is 9.28. The number of sulfonamides is 1. The van der Waals surface area contributed by atoms with Crippen molar-refractivity contribution in [1.82, 2.24) is 10.2 Å². The van der Waals surface area contributed by atoms with Gasteiger partial charge in [0.25, 0.3) is 0 Å². The fourth-order valence-corrected chi connectivity index (χ4v) is 5.24. The first kappa shape index (κ1) is 26.7. The number of anilines is 1. The van der Waals surface area contributed by atoms with E-state index in [9.17, 15) is 22.4 Å². The number of hydrogen-bond donors (Lipinski definition) is 1. The average Bonchev–Trinajstić information content (AvgIpc) is 2.80. The minimum absolute atomic E-state index is 0.0515. The van der Waals surface area contributed by atoms with Gasteiger partial charge in [0.05, 0.1) is 11.9 Å². The second kappa shape index (κ2) is 11.7. The lowest BCUT2D eigenvalue weighted by Crippen LogP contribution is -2.53. The van der Waals surface area contributed by atoms with Crippen molar-refractivity contribution in [2.75, 3.05) is 17.1 Å². The summed E-state index contributed by atoms with van der Waals surface area (Å²) in [6.45, 7) is 3.18. The molecule has 2 aromatic rings. The molecule has 0 bridgehead atoms. The van der Waals surface area contributed by atoms with Crippen molar-refractivity contribution >= 4 is 27.5 Å². The van der Waals surface area contributed by atoms with E-state index in [2.05, 4.69) is 5.32 Å². The summed E-state index contributed by atoms with van der Waals surface area (Å²) >= 11 is 0. The highest BCUT2D eigenvalue weighted by molar-refractivity contribution is 7.92. The molecule has 2 amide bonds. The number of amides is 2. The maximum absolute atomic E-state index is 13.8. The summed E-state index contributed by atoms with van der Waals surface area (Å²) in [5.41, 5.74) is 1.88. The summed E-state index contributed by atoms with van der Waals surface area (Å²) < 4.78 is 39.7. The number of nitrogens with one attached hydrogen (secondary N) is 1. The summed E-state index contributed by atoms with van der Waals surface area (Å²) in [5, 5.41) is 3.06. The first-order valence-corrected chi connectivity index (χ1v) is 13.8. The lowest BCUT2D eigenvalue weighted by Gasteiger charge is -2.33. The van der Waals surface area contributed by atoms with Gasteiger partial charge in [0, 0.05) is 12.6 Å². The summed E-state index contributed by atoms with van der Waals surface area (Å²) in [6, 6.07) is 11.9. The van der Waals surface area contributed by atoms with Gasteiger partial charge in [-0.2, -0.15) is 0 Å². The van der Waals surface area contributed by atoms with Crippen LogP contribution in [0.5, 0.6) is 0 Å². The highest BCUT2D eigenvalue weighted by atomic mass is 32.2. The van der Waals surface area contributed by atoms with Gasteiger partial charge in [-0.05, 0) is 50.5 Å². The van der Waals surface area contributed by atoms with Crippen LogP contribution in [-0.4, -0.2) is 50.0 Å². The van der Waals surface area contributed by atoms with Gasteiger partial charge < -0.3 is 10.2 Å². The Labute approximate surface area is 207 Å². The molecule has 35 heavy (non-hydrogen) atoms. The lowest BCUT2D eigenvalue weighted by atomic mass is 9.95. The molecule has 9 heteroatoms. The van der Waals surface area contributed by atoms with Crippen LogP contribution in [0.1, 0.15) is 50.2 Å². The van der Waals surface area contributed by atoms with Gasteiger partial charge in [-0.15, -0.1) is 0 Å². The van der Waals surface area contributed by atoms with E-state index in [0.717, 1.165) is 59.9 Å². The Morgan fingerprint density at radius 2 is 1.77 bits per heavy atom. The van der Waals surface area contributed by atoms with E-state index < -0.39 is 34.3 Å². The topological polar surface area (TPSA) is 86.8 Å². The second-order valence-corrected chi connectivity index (χ2v) is 11.2. The zero-order chi connectivity index (χ0) is 25.6. The Bertz CT molecular complexity index is 1150. The number of rotatable bonds is 9. The first-order chi connectivity index (χ1) is 16.5. The molecular weight excluding hydrogens is 469 g/mol. The Morgan fingerprint density at radius 1 is 1.09 bits per heavy atom. The Kier molecular flexibility index (Phi) is 8.88. The third-order valence-electron chi connectivity index (χ3n) is 6.33. The Balaban J connectivity index is 1.87. The van der Waals surface area contributed by atoms with E-state index in [0.29, 0.717) is 0 Å². The molecule has 1 aliphatic carbocycles. The van der Waals surface area contributed by atoms with Crippen molar-refractivity contribution in [3.05, 3.63) is 65.5 Å². The molecule has 1 atom stereocenters. The highest BCUT2D eigenvalue weighted by Crippen LogP contribution is 2.21. The largest absolute Gasteiger partial charge is 0.352 e. The summed E-state index contributed by atoms with van der Waals surface area (Å²) in [5.74, 6) is -1.43. The molecule has 2 aromatic carbocycles. The first-order valence-electron chi connectivity index (χ1n) is 11.9. The molecule has 190 valence electrons. The van der Waals surface area contributed by atoms with Gasteiger partial charge in [0.1, 0.15) is 18.4 Å². The quantitative estimate of drug-likeness (QED) is 0.565. The Morgan fingerprint density at radius 3 is 2.40 bits per heavy atom. The van der Waals surface area contributed by atoms with Crippen LogP contribution in [0.3, 0.4) is 0 Å². The monoisotopic (exact) mass is 503 g/mol. The zero-order valence-electron chi connectivity index (χ0n) is 20.5. The van der Waals surface area contributed by atoms with Gasteiger partial charge >= 0.3 is 0 Å². The number of aryl methyl sites for hydroxylation is 1. The van der Waals surface area contributed by atoms with Gasteiger partial charge in [-0.1, -0.05) is 55.2 Å². The van der Waals surface area contributed by atoms with Crippen LogP contribution in [0, 0.1) is 12.7 Å². The van der Waals surface area contributed by atoms with Crippen molar-refractivity contribution < 1.29 is 22.4 Å². The summed E-state index contributed by atoms with van der Waals surface area (Å²) in [6.07, 6.45) is 6.05. The van der Waals surface area contributed by atoms with Crippen molar-refractivity contribution in [3.63, 3.8) is 0 Å². The molecule has 1 aliphatic rings. The molecule has 0 heterocycles. The van der Waals surface area contributed by atoms with Gasteiger partial charge in [-0.3, -0.25) is 13.9 Å². The minimum atomic E-state index is -3.89. The molecule has 1 saturated carbocycles. The molecule has 3 rings (SSSR count). The average molecular weight is 504 g/mol. The van der Waals surface area contributed by atoms with Crippen molar-refractivity contribution in [3.8, 4) is 0 Å². The molecule has 1 N–H and O–H groups in total. The van der Waals surface area contributed by atoms with Crippen LogP contribution in [-0.2, 0) is 26.2 Å². The molecule has 0 radical (unpaired) electrons. The number of halogens is 1. The van der Waals surface area contributed by atoms with E-state index in [1.165, 1.54) is 23.1 Å². The fourth-order valence-electron chi connectivity index (χ4n) is 4.40. The van der Waals surface area contributed by atoms with Gasteiger partial charge in [-0.25, -0.2) is 12.8 Å². The maximum atomic E-state index is 13.8. The minimum Gasteiger partial charge on any atom is -0.352 e. The SMILES string of the molecule is Cc1cccc(CN(C(=O)CN(c2cccc(F)c2)S(C)(=O)=O)[C@H](C)C(=O)NC2CCCCC2)c1. The summed E-state index contributed by atoms with van der Waals surface area (Å²) in [4.78, 5) is 28.1. The van der Waals surface area contributed by atoms with E-state index >= 15 is 0 Å². The molecular formula is C26H34FN3O4S. The molecule has 7 nitrogen and oxygen atoms in total. The normalized spacial score (nSPS) is 15.3. The van der Waals surface area contributed by atoms with Crippen LogP contribution in [0.4, 0.5) is 10.1 Å². The number of nitrogens with zero attached hydrogens (tertiary/aromatic N) is 2. The van der Waals surface area contributed by atoms with Crippen molar-refractivity contribution in [2.24, 2.45) is 0 Å². The molecule has 0 saturated heterocycles. The lowest BCUT2D eigenvalue weighted by molar-refractivity contribution is -0.139. The smallest absolute Gasteiger partial charge is 0.244 e. The predicted octanol–water partition coefficient (Wildman–Crippen LogP) is 3.77. The molecule has 0 unspecified atom stereocenters. The number of benzene rings is 2. The predicted molar refractivity (Wildman–Crippen MR) is 135 cm³/mol. The third-order valence-corrected chi connectivity index (χ3v) is 7.47. The van der Waals surface area contributed by atoms with E-state index in [1.807, 2.05) is 31.2 Å². The molecule has 0 spiro atoms. The standard InChI is InChI=1S/C26H34FN3O4S/c1-19-9-7-10-21(15-19)17-29(20(2)26(32)28-23-12-5-4-6-13-23)25(31)18-30(35(3,33)34)24-14-8-11-22(27)16-24/h7-11,14-16,20,23H,4-6,12-13,17-18H2,1-3H3,(H,28,32)/t20-/m1/s1. The van der Waals surface area contributed by atoms with Crippen LogP contribution in [0.2, 0.25) is 0 Å². The van der Waals surface area contributed by atoms with Gasteiger partial charge in [0.15, 0.2) is 0 Å². The third kappa shape index (κ3) is 7.52. The van der Waals surface area contributed by atoms with Crippen molar-refractivity contribution in [2.45, 2.75) is 64.6 Å². The maximum Gasteiger partial charge on any atom is 0.244 e. The molecule has 0 aromatic heterocycles. The van der Waals surface area contributed by atoms with E-state index in [1.54, 1.807) is 6.92 Å². The Hall–Kier alpha value is -2.94. The van der Waals surface area contributed by atoms with Crippen LogP contribution >= 0.6 is 0 Å². The van der Waals surface area contributed by atoms with E-state index in [-0.39, 0.29) is 24.2 Å². The summed E-state index contributed by atoms with van der Waals surface area (Å²) in [7, 11) is -3.89. The molecule has 0 aliphatic heterocycles. The highest BCUT2D eigenvalue weighted by Gasteiger charge is 2.31.